The summed E-state index contributed by atoms with van der Waals surface area (Å²) in [5, 5.41) is 0. The molecule has 3 rings (SSSR count). The van der Waals surface area contributed by atoms with Crippen LogP contribution in [0, 0.1) is 13.8 Å². The van der Waals surface area contributed by atoms with Crippen molar-refractivity contribution in [1.82, 2.24) is 0 Å². The molecule has 0 spiro atoms. The number of carbonyl (C=O) groups excluding carboxylic acids is 2. The minimum Gasteiger partial charge on any atom is -0.462 e. The van der Waals surface area contributed by atoms with Crippen LogP contribution in [-0.4, -0.2) is 25.2 Å². The maximum atomic E-state index is 11.5. The Kier molecular flexibility index (Phi) is 12.0. The van der Waals surface area contributed by atoms with Gasteiger partial charge in [-0.15, -0.1) is 0 Å². The maximum Gasteiger partial charge on any atom is 0.333 e. The molecular formula is C36H43NO4. The van der Waals surface area contributed by atoms with E-state index in [4.69, 9.17) is 9.47 Å². The van der Waals surface area contributed by atoms with Crippen molar-refractivity contribution in [1.29, 1.82) is 0 Å². The lowest BCUT2D eigenvalue weighted by Gasteiger charge is -2.26. The normalized spacial score (nSPS) is 10.6. The van der Waals surface area contributed by atoms with Gasteiger partial charge in [0.05, 0.1) is 13.2 Å². The van der Waals surface area contributed by atoms with Gasteiger partial charge >= 0.3 is 11.9 Å². The van der Waals surface area contributed by atoms with Crippen LogP contribution in [0.3, 0.4) is 0 Å². The lowest BCUT2D eigenvalue weighted by molar-refractivity contribution is -0.139. The average molecular weight is 554 g/mol. The number of hydrogen-bond donors (Lipinski definition) is 0. The Morgan fingerprint density at radius 3 is 1.41 bits per heavy atom. The van der Waals surface area contributed by atoms with Crippen molar-refractivity contribution >= 4 is 29.0 Å². The lowest BCUT2D eigenvalue weighted by atomic mass is 10.0. The van der Waals surface area contributed by atoms with Crippen LogP contribution in [-0.2, 0) is 31.9 Å². The predicted molar refractivity (Wildman–Crippen MR) is 168 cm³/mol. The standard InChI is InChI=1S/C36H43NO4/c1-26(2)35(38)40-23-9-7-11-30-14-19-32(20-15-30)37(34-18-13-28(5)29(6)25-34)33-21-16-31(17-22-33)12-8-10-24-41-36(39)27(3)4/h13-22,25H,1,3,7-12,23-24H2,2,4-6H3. The average Bonchev–Trinajstić information content (AvgIpc) is 2.96. The molecule has 0 aromatic heterocycles. The van der Waals surface area contributed by atoms with Gasteiger partial charge in [-0.2, -0.15) is 0 Å². The third kappa shape index (κ3) is 9.78. The van der Waals surface area contributed by atoms with Crippen LogP contribution < -0.4 is 4.90 Å². The number of esters is 2. The highest BCUT2D eigenvalue weighted by Crippen LogP contribution is 2.35. The summed E-state index contributed by atoms with van der Waals surface area (Å²) in [7, 11) is 0. The van der Waals surface area contributed by atoms with E-state index >= 15 is 0 Å². The molecule has 0 amide bonds. The summed E-state index contributed by atoms with van der Waals surface area (Å²) in [6, 6.07) is 24.0. The molecular weight excluding hydrogens is 510 g/mol. The summed E-state index contributed by atoms with van der Waals surface area (Å²) in [4.78, 5) is 25.4. The summed E-state index contributed by atoms with van der Waals surface area (Å²) in [5.41, 5.74) is 9.20. The molecule has 0 aliphatic carbocycles. The van der Waals surface area contributed by atoms with Crippen LogP contribution in [0.15, 0.2) is 91.0 Å². The minimum absolute atomic E-state index is 0.324. The van der Waals surface area contributed by atoms with Gasteiger partial charge in [0.15, 0.2) is 0 Å². The zero-order valence-electron chi connectivity index (χ0n) is 25.0. The van der Waals surface area contributed by atoms with Crippen LogP contribution >= 0.6 is 0 Å². The number of ether oxygens (including phenoxy) is 2. The predicted octanol–water partition coefficient (Wildman–Crippen LogP) is 8.66. The fourth-order valence-electron chi connectivity index (χ4n) is 4.37. The number of hydrogen-bond acceptors (Lipinski definition) is 5. The number of anilines is 3. The molecule has 0 unspecified atom stereocenters. The first-order chi connectivity index (χ1) is 19.7. The molecule has 3 aromatic rings. The van der Waals surface area contributed by atoms with Crippen molar-refractivity contribution in [2.75, 3.05) is 18.1 Å². The van der Waals surface area contributed by atoms with Crippen LogP contribution in [0.4, 0.5) is 17.1 Å². The highest BCUT2D eigenvalue weighted by molar-refractivity contribution is 5.87. The van der Waals surface area contributed by atoms with E-state index in [2.05, 4.69) is 98.6 Å². The molecule has 3 aromatic carbocycles. The summed E-state index contributed by atoms with van der Waals surface area (Å²) in [6.07, 6.45) is 5.39. The zero-order valence-corrected chi connectivity index (χ0v) is 25.0. The Hall–Kier alpha value is -4.12. The molecule has 0 aliphatic heterocycles. The number of nitrogens with zero attached hydrogens (tertiary/aromatic N) is 1. The Balaban J connectivity index is 1.66. The molecule has 0 N–H and O–H groups in total. The largest absolute Gasteiger partial charge is 0.462 e. The molecule has 5 nitrogen and oxygen atoms in total. The van der Waals surface area contributed by atoms with Gasteiger partial charge < -0.3 is 14.4 Å². The fraction of sp³-hybridized carbons (Fsp3) is 0.333. The summed E-state index contributed by atoms with van der Waals surface area (Å²) in [5.74, 6) is -0.647. The summed E-state index contributed by atoms with van der Waals surface area (Å²) in [6.45, 7) is 15.7. The number of benzene rings is 3. The van der Waals surface area contributed by atoms with E-state index in [0.29, 0.717) is 24.4 Å². The monoisotopic (exact) mass is 553 g/mol. The highest BCUT2D eigenvalue weighted by atomic mass is 16.5. The van der Waals surface area contributed by atoms with Gasteiger partial charge in [0.1, 0.15) is 0 Å². The molecule has 0 saturated heterocycles. The Labute approximate surface area is 245 Å². The molecule has 0 atom stereocenters. The zero-order chi connectivity index (χ0) is 29.8. The van der Waals surface area contributed by atoms with Crippen LogP contribution in [0.1, 0.15) is 61.8 Å². The Morgan fingerprint density at radius 2 is 1.02 bits per heavy atom. The first kappa shape index (κ1) is 31.4. The number of rotatable bonds is 15. The second kappa shape index (κ2) is 15.6. The maximum absolute atomic E-state index is 11.5. The van der Waals surface area contributed by atoms with Crippen LogP contribution in [0.5, 0.6) is 0 Å². The van der Waals surface area contributed by atoms with E-state index in [1.807, 2.05) is 0 Å². The van der Waals surface area contributed by atoms with Crippen molar-refractivity contribution in [3.8, 4) is 0 Å². The summed E-state index contributed by atoms with van der Waals surface area (Å²) < 4.78 is 10.4. The number of aryl methyl sites for hydroxylation is 4. The molecule has 5 heteroatoms. The molecule has 0 saturated carbocycles. The van der Waals surface area contributed by atoms with Gasteiger partial charge in [0.25, 0.3) is 0 Å². The van der Waals surface area contributed by atoms with Crippen LogP contribution in [0.2, 0.25) is 0 Å². The van der Waals surface area contributed by atoms with Gasteiger partial charge in [-0.25, -0.2) is 9.59 Å². The molecule has 41 heavy (non-hydrogen) atoms. The third-order valence-electron chi connectivity index (χ3n) is 7.02. The van der Waals surface area contributed by atoms with E-state index in [1.54, 1.807) is 13.8 Å². The third-order valence-corrected chi connectivity index (χ3v) is 7.02. The molecule has 0 aliphatic rings. The molecule has 0 fully saturated rings. The van der Waals surface area contributed by atoms with Crippen molar-refractivity contribution in [2.45, 2.75) is 66.2 Å². The van der Waals surface area contributed by atoms with Crippen molar-refractivity contribution in [3.63, 3.8) is 0 Å². The second-order valence-electron chi connectivity index (χ2n) is 10.7. The van der Waals surface area contributed by atoms with E-state index in [9.17, 15) is 9.59 Å². The SMILES string of the molecule is C=C(C)C(=O)OCCCCc1ccc(N(c2ccc(CCCCOC(=O)C(=C)C)cc2)c2ccc(C)c(C)c2)cc1. The van der Waals surface area contributed by atoms with Gasteiger partial charge in [0.2, 0.25) is 0 Å². The van der Waals surface area contributed by atoms with Gasteiger partial charge in [-0.3, -0.25) is 0 Å². The van der Waals surface area contributed by atoms with E-state index < -0.39 is 0 Å². The van der Waals surface area contributed by atoms with Crippen molar-refractivity contribution in [3.05, 3.63) is 113 Å². The Bertz CT molecular complexity index is 1260. The first-order valence-electron chi connectivity index (χ1n) is 14.4. The van der Waals surface area contributed by atoms with Gasteiger partial charge in [-0.1, -0.05) is 43.5 Å². The highest BCUT2D eigenvalue weighted by Gasteiger charge is 2.14. The smallest absolute Gasteiger partial charge is 0.333 e. The molecule has 0 bridgehead atoms. The van der Waals surface area contributed by atoms with E-state index in [1.165, 1.54) is 22.3 Å². The topological polar surface area (TPSA) is 55.8 Å². The summed E-state index contributed by atoms with van der Waals surface area (Å²) >= 11 is 0. The fourth-order valence-corrected chi connectivity index (χ4v) is 4.37. The molecule has 0 heterocycles. The van der Waals surface area contributed by atoms with Gasteiger partial charge in [-0.05, 0) is 125 Å². The minimum atomic E-state index is -0.324. The van der Waals surface area contributed by atoms with Crippen LogP contribution in [0.25, 0.3) is 0 Å². The molecule has 216 valence electrons. The number of unbranched alkanes of at least 4 members (excludes halogenated alkanes) is 2. The van der Waals surface area contributed by atoms with Crippen molar-refractivity contribution in [2.24, 2.45) is 0 Å². The second-order valence-corrected chi connectivity index (χ2v) is 10.7. The quantitative estimate of drug-likeness (QED) is 0.107. The lowest BCUT2D eigenvalue weighted by Crippen LogP contribution is -2.10. The van der Waals surface area contributed by atoms with E-state index in [-0.39, 0.29) is 11.9 Å². The molecule has 0 radical (unpaired) electrons. The van der Waals surface area contributed by atoms with Crippen molar-refractivity contribution < 1.29 is 19.1 Å². The van der Waals surface area contributed by atoms with E-state index in [0.717, 1.165) is 55.6 Å². The Morgan fingerprint density at radius 1 is 0.610 bits per heavy atom. The number of carbonyl (C=O) groups is 2. The van der Waals surface area contributed by atoms with Gasteiger partial charge in [0, 0.05) is 28.2 Å². The first-order valence-corrected chi connectivity index (χ1v) is 14.4.